The predicted octanol–water partition coefficient (Wildman–Crippen LogP) is 3.01. The third kappa shape index (κ3) is 4.58. The van der Waals surface area contributed by atoms with Crippen molar-refractivity contribution in [2.24, 2.45) is 0 Å². The second kappa shape index (κ2) is 9.34. The van der Waals surface area contributed by atoms with Crippen LogP contribution in [0.1, 0.15) is 33.3 Å². The van der Waals surface area contributed by atoms with E-state index in [1.807, 2.05) is 6.07 Å². The molecular weight excluding hydrogens is 474 g/mol. The van der Waals surface area contributed by atoms with E-state index in [1.165, 1.54) is 36.7 Å². The van der Waals surface area contributed by atoms with Gasteiger partial charge in [0.2, 0.25) is 10.0 Å². The van der Waals surface area contributed by atoms with Crippen LogP contribution in [0.25, 0.3) is 22.1 Å². The first-order chi connectivity index (χ1) is 16.7. The van der Waals surface area contributed by atoms with Crippen LogP contribution in [-0.4, -0.2) is 42.1 Å². The maximum atomic E-state index is 13.0. The largest absolute Gasteiger partial charge is 0.478 e. The summed E-state index contributed by atoms with van der Waals surface area (Å²) in [5.41, 5.74) is 0.542. The number of rotatable bonds is 7. The molecule has 0 fully saturated rings. The highest BCUT2D eigenvalue weighted by Gasteiger charge is 2.25. The van der Waals surface area contributed by atoms with Crippen LogP contribution in [0.3, 0.4) is 0 Å². The molecule has 3 N–H and O–H groups in total. The first-order valence-electron chi connectivity index (χ1n) is 10.2. The number of anilines is 1. The summed E-state index contributed by atoms with van der Waals surface area (Å²) in [6, 6.07) is 11.6. The summed E-state index contributed by atoms with van der Waals surface area (Å²) in [5.74, 6) is -2.16. The van der Waals surface area contributed by atoms with Crippen molar-refractivity contribution in [3.8, 4) is 17.2 Å². The molecule has 0 saturated carbocycles. The summed E-state index contributed by atoms with van der Waals surface area (Å²) >= 11 is 0. The number of sulfonamides is 1. The lowest BCUT2D eigenvalue weighted by Gasteiger charge is -2.11. The fraction of sp³-hybridized carbons (Fsp3) is 0.0870. The van der Waals surface area contributed by atoms with Crippen molar-refractivity contribution in [3.05, 3.63) is 71.7 Å². The van der Waals surface area contributed by atoms with Crippen LogP contribution in [0.15, 0.2) is 64.3 Å². The second-order valence-electron chi connectivity index (χ2n) is 7.24. The molecule has 4 rings (SSSR count). The van der Waals surface area contributed by atoms with E-state index in [0.717, 1.165) is 6.07 Å². The summed E-state index contributed by atoms with van der Waals surface area (Å²) in [6.45, 7) is 1.78. The molecule has 1 amide bonds. The average molecular weight is 491 g/mol. The highest BCUT2D eigenvalue weighted by atomic mass is 32.2. The minimum absolute atomic E-state index is 0.0634. The third-order valence-electron chi connectivity index (χ3n) is 5.03. The average Bonchev–Trinajstić information content (AvgIpc) is 3.27. The van der Waals surface area contributed by atoms with Gasteiger partial charge in [0.25, 0.3) is 5.91 Å². The van der Waals surface area contributed by atoms with E-state index in [1.54, 1.807) is 19.1 Å². The Kier molecular flexibility index (Phi) is 6.28. The first kappa shape index (κ1) is 23.6. The standard InChI is InChI=1S/C23H17N5O6S/c1-2-26-35(32,33)20-11-17-19(10-15(20)14-5-7-25-8-6-14)34-28-21(17)22(29)27-18-4-3-13(12-24)9-16(18)23(30)31/h3-11,26H,2H2,1H3,(H,27,29)(H,30,31). The zero-order valence-electron chi connectivity index (χ0n) is 18.1. The van der Waals surface area contributed by atoms with Gasteiger partial charge in [-0.3, -0.25) is 9.78 Å². The molecule has 35 heavy (non-hydrogen) atoms. The van der Waals surface area contributed by atoms with Crippen molar-refractivity contribution in [1.82, 2.24) is 14.9 Å². The molecule has 0 bridgehead atoms. The molecule has 176 valence electrons. The van der Waals surface area contributed by atoms with Crippen LogP contribution in [0.5, 0.6) is 0 Å². The summed E-state index contributed by atoms with van der Waals surface area (Å²) in [7, 11) is -3.97. The Bertz CT molecular complexity index is 1610. The number of nitriles is 1. The number of aromatic nitrogens is 2. The summed E-state index contributed by atoms with van der Waals surface area (Å²) < 4.78 is 33.7. The number of benzene rings is 2. The summed E-state index contributed by atoms with van der Waals surface area (Å²) in [6.07, 6.45) is 3.03. The molecule has 2 heterocycles. The maximum Gasteiger partial charge on any atom is 0.337 e. The molecule has 0 atom stereocenters. The van der Waals surface area contributed by atoms with Crippen LogP contribution in [-0.2, 0) is 10.0 Å². The number of amides is 1. The van der Waals surface area contributed by atoms with Gasteiger partial charge in [0.1, 0.15) is 0 Å². The summed E-state index contributed by atoms with van der Waals surface area (Å²) in [4.78, 5) is 28.4. The lowest BCUT2D eigenvalue weighted by atomic mass is 10.0. The van der Waals surface area contributed by atoms with Crippen LogP contribution in [0.2, 0.25) is 0 Å². The Labute approximate surface area is 199 Å². The topological polar surface area (TPSA) is 175 Å². The van der Waals surface area contributed by atoms with Crippen molar-refractivity contribution < 1.29 is 27.6 Å². The number of carbonyl (C=O) groups excluding carboxylic acids is 1. The molecule has 0 saturated heterocycles. The Morgan fingerprint density at radius 1 is 1.14 bits per heavy atom. The Morgan fingerprint density at radius 2 is 1.89 bits per heavy atom. The Hall–Kier alpha value is -4.60. The van der Waals surface area contributed by atoms with Crippen LogP contribution in [0, 0.1) is 11.3 Å². The van der Waals surface area contributed by atoms with Crippen LogP contribution < -0.4 is 10.0 Å². The minimum atomic E-state index is -3.97. The lowest BCUT2D eigenvalue weighted by molar-refractivity contribution is 0.0698. The fourth-order valence-corrected chi connectivity index (χ4v) is 4.73. The number of nitrogens with one attached hydrogen (secondary N) is 2. The maximum absolute atomic E-state index is 13.0. The van der Waals surface area contributed by atoms with Gasteiger partial charge in [-0.1, -0.05) is 12.1 Å². The number of carboxylic acid groups (broad SMARTS) is 1. The summed E-state index contributed by atoms with van der Waals surface area (Å²) in [5, 5.41) is 24.8. The number of carbonyl (C=O) groups is 2. The first-order valence-corrected chi connectivity index (χ1v) is 11.7. The van der Waals surface area contributed by atoms with Gasteiger partial charge in [-0.25, -0.2) is 17.9 Å². The van der Waals surface area contributed by atoms with E-state index in [9.17, 15) is 23.1 Å². The van der Waals surface area contributed by atoms with Crippen molar-refractivity contribution in [2.45, 2.75) is 11.8 Å². The number of hydrogen-bond donors (Lipinski definition) is 3. The Morgan fingerprint density at radius 3 is 2.54 bits per heavy atom. The Balaban J connectivity index is 1.83. The van der Waals surface area contributed by atoms with Crippen LogP contribution in [0.4, 0.5) is 5.69 Å². The number of hydrogen-bond acceptors (Lipinski definition) is 8. The minimum Gasteiger partial charge on any atom is -0.478 e. The number of carboxylic acids is 1. The molecule has 0 aliphatic heterocycles. The van der Waals surface area contributed by atoms with Crippen molar-refractivity contribution in [1.29, 1.82) is 5.26 Å². The van der Waals surface area contributed by atoms with Gasteiger partial charge in [-0.15, -0.1) is 0 Å². The molecular formula is C23H17N5O6S. The normalized spacial score (nSPS) is 11.2. The molecule has 0 aliphatic rings. The van der Waals surface area contributed by atoms with Gasteiger partial charge in [0, 0.05) is 24.5 Å². The molecule has 4 aromatic rings. The second-order valence-corrected chi connectivity index (χ2v) is 8.98. The van der Waals surface area contributed by atoms with Crippen molar-refractivity contribution in [3.63, 3.8) is 0 Å². The van der Waals surface area contributed by atoms with Gasteiger partial charge >= 0.3 is 5.97 Å². The zero-order chi connectivity index (χ0) is 25.2. The van der Waals surface area contributed by atoms with Gasteiger partial charge in [-0.2, -0.15) is 5.26 Å². The number of aromatic carboxylic acids is 1. The number of pyridine rings is 1. The number of fused-ring (bicyclic) bond motifs is 1. The van der Waals surface area contributed by atoms with Crippen molar-refractivity contribution in [2.75, 3.05) is 11.9 Å². The monoisotopic (exact) mass is 491 g/mol. The highest BCUT2D eigenvalue weighted by molar-refractivity contribution is 7.89. The number of nitrogens with zero attached hydrogens (tertiary/aromatic N) is 3. The zero-order valence-corrected chi connectivity index (χ0v) is 19.0. The van der Waals surface area contributed by atoms with E-state index in [-0.39, 0.29) is 44.9 Å². The van der Waals surface area contributed by atoms with E-state index in [0.29, 0.717) is 11.1 Å². The molecule has 2 aromatic heterocycles. The van der Waals surface area contributed by atoms with Gasteiger partial charge in [-0.05, 0) is 48.0 Å². The molecule has 0 spiro atoms. The van der Waals surface area contributed by atoms with E-state index in [2.05, 4.69) is 20.2 Å². The highest BCUT2D eigenvalue weighted by Crippen LogP contribution is 2.33. The van der Waals surface area contributed by atoms with Gasteiger partial charge in [0.05, 0.1) is 33.2 Å². The van der Waals surface area contributed by atoms with E-state index >= 15 is 0 Å². The lowest BCUT2D eigenvalue weighted by Crippen LogP contribution is -2.23. The molecule has 12 heteroatoms. The molecule has 0 aliphatic carbocycles. The molecule has 0 unspecified atom stereocenters. The van der Waals surface area contributed by atoms with Gasteiger partial charge in [0.15, 0.2) is 11.3 Å². The van der Waals surface area contributed by atoms with Crippen molar-refractivity contribution >= 4 is 38.6 Å². The van der Waals surface area contributed by atoms with E-state index in [4.69, 9.17) is 9.78 Å². The molecule has 2 aromatic carbocycles. The SMILES string of the molecule is CCNS(=O)(=O)c1cc2c(C(=O)Nc3ccc(C#N)cc3C(=O)O)noc2cc1-c1ccncc1. The third-order valence-corrected chi connectivity index (χ3v) is 6.62. The smallest absolute Gasteiger partial charge is 0.337 e. The quantitative estimate of drug-likeness (QED) is 0.351. The molecule has 11 nitrogen and oxygen atoms in total. The molecule has 0 radical (unpaired) electrons. The van der Waals surface area contributed by atoms with Crippen LogP contribution >= 0.6 is 0 Å². The predicted molar refractivity (Wildman–Crippen MR) is 124 cm³/mol. The van der Waals surface area contributed by atoms with Gasteiger partial charge < -0.3 is 14.9 Å². The fourth-order valence-electron chi connectivity index (χ4n) is 3.46. The van der Waals surface area contributed by atoms with E-state index < -0.39 is 21.9 Å².